The van der Waals surface area contributed by atoms with Crippen LogP contribution in [0.5, 0.6) is 0 Å². The third kappa shape index (κ3) is 2.77. The predicted molar refractivity (Wildman–Crippen MR) is 63.1 cm³/mol. The summed E-state index contributed by atoms with van der Waals surface area (Å²) >= 11 is 3.19. The molecule has 15 heavy (non-hydrogen) atoms. The number of nitrogens with two attached hydrogens (primary N) is 1. The van der Waals surface area contributed by atoms with Gasteiger partial charge in [-0.15, -0.1) is 11.3 Å². The van der Waals surface area contributed by atoms with Gasteiger partial charge in [0.1, 0.15) is 5.03 Å². The van der Waals surface area contributed by atoms with E-state index in [1.807, 2.05) is 30.6 Å². The molecule has 2 heterocycles. The van der Waals surface area contributed by atoms with Crippen LogP contribution in [-0.2, 0) is 0 Å². The summed E-state index contributed by atoms with van der Waals surface area (Å²) in [5.74, 6) is 0. The maximum absolute atomic E-state index is 5.74. The number of nitrogens with zero attached hydrogens (tertiary/aromatic N) is 2. The van der Waals surface area contributed by atoms with Crippen LogP contribution in [0, 0.1) is 0 Å². The van der Waals surface area contributed by atoms with E-state index in [9.17, 15) is 0 Å². The van der Waals surface area contributed by atoms with Crippen LogP contribution in [0.2, 0.25) is 0 Å². The molecule has 0 unspecified atom stereocenters. The number of aromatic nitrogens is 2. The first-order valence-corrected chi connectivity index (χ1v) is 6.24. The van der Waals surface area contributed by atoms with E-state index in [0.717, 1.165) is 14.9 Å². The average molecular weight is 237 g/mol. The number of hydrogen-bond acceptors (Lipinski definition) is 5. The molecular formula is C10H11N3S2. The van der Waals surface area contributed by atoms with E-state index >= 15 is 0 Å². The van der Waals surface area contributed by atoms with E-state index in [1.54, 1.807) is 29.3 Å². The highest BCUT2D eigenvalue weighted by atomic mass is 32.2. The van der Waals surface area contributed by atoms with Gasteiger partial charge >= 0.3 is 0 Å². The lowest BCUT2D eigenvalue weighted by Crippen LogP contribution is -2.04. The number of hydrogen-bond donors (Lipinski definition) is 1. The van der Waals surface area contributed by atoms with Crippen LogP contribution < -0.4 is 5.73 Å². The van der Waals surface area contributed by atoms with Gasteiger partial charge in [0.05, 0.1) is 0 Å². The summed E-state index contributed by atoms with van der Waals surface area (Å²) in [5.41, 5.74) is 6.80. The summed E-state index contributed by atoms with van der Waals surface area (Å²) < 4.78 is 1.01. The summed E-state index contributed by atoms with van der Waals surface area (Å²) in [5, 5.41) is 2.91. The summed E-state index contributed by atoms with van der Waals surface area (Å²) in [6.07, 6.45) is 3.62. The first kappa shape index (κ1) is 10.6. The number of thiazole rings is 1. The number of rotatable bonds is 3. The Labute approximate surface area is 96.8 Å². The van der Waals surface area contributed by atoms with Crippen molar-refractivity contribution in [3.63, 3.8) is 0 Å². The molecule has 2 N–H and O–H groups in total. The zero-order valence-electron chi connectivity index (χ0n) is 8.25. The highest BCUT2D eigenvalue weighted by Crippen LogP contribution is 2.27. The van der Waals surface area contributed by atoms with Gasteiger partial charge in [-0.2, -0.15) is 0 Å². The van der Waals surface area contributed by atoms with Gasteiger partial charge in [0, 0.05) is 23.8 Å². The zero-order chi connectivity index (χ0) is 10.7. The van der Waals surface area contributed by atoms with E-state index < -0.39 is 0 Å². The fourth-order valence-electron chi connectivity index (χ4n) is 1.07. The molecule has 3 nitrogen and oxygen atoms in total. The van der Waals surface area contributed by atoms with Gasteiger partial charge in [0.15, 0.2) is 4.34 Å². The lowest BCUT2D eigenvalue weighted by atomic mass is 10.2. The Kier molecular flexibility index (Phi) is 3.35. The fraction of sp³-hybridized carbons (Fsp3) is 0.200. The van der Waals surface area contributed by atoms with E-state index in [4.69, 9.17) is 5.73 Å². The molecule has 0 spiro atoms. The van der Waals surface area contributed by atoms with Crippen molar-refractivity contribution in [2.24, 2.45) is 5.73 Å². The molecule has 2 aromatic heterocycles. The van der Waals surface area contributed by atoms with Crippen molar-refractivity contribution in [2.45, 2.75) is 22.3 Å². The van der Waals surface area contributed by atoms with E-state index in [0.29, 0.717) is 0 Å². The summed E-state index contributed by atoms with van der Waals surface area (Å²) in [6, 6.07) is 4.02. The predicted octanol–water partition coefficient (Wildman–Crippen LogP) is 2.71. The molecule has 2 aromatic rings. The number of pyridine rings is 1. The standard InChI is InChI=1S/C10H11N3S2/c1-7(11)8-2-3-9(13-6-8)15-10-12-4-5-14-10/h2-7H,11H2,1H3/t7-/m1/s1. The van der Waals surface area contributed by atoms with Crippen molar-refractivity contribution in [1.82, 2.24) is 9.97 Å². The second-order valence-corrected chi connectivity index (χ2v) is 5.28. The molecule has 0 aliphatic rings. The molecule has 0 amide bonds. The SMILES string of the molecule is C[C@@H](N)c1ccc(Sc2nccs2)nc1. The van der Waals surface area contributed by atoms with Crippen LogP contribution in [0.4, 0.5) is 0 Å². The largest absolute Gasteiger partial charge is 0.324 e. The molecular weight excluding hydrogens is 226 g/mol. The average Bonchev–Trinajstić information content (AvgIpc) is 2.71. The highest BCUT2D eigenvalue weighted by molar-refractivity contribution is 8.00. The van der Waals surface area contributed by atoms with Crippen molar-refractivity contribution in [3.8, 4) is 0 Å². The smallest absolute Gasteiger partial charge is 0.156 e. The topological polar surface area (TPSA) is 51.8 Å². The first-order chi connectivity index (χ1) is 7.25. The normalized spacial score (nSPS) is 12.7. The Morgan fingerprint density at radius 2 is 2.27 bits per heavy atom. The maximum atomic E-state index is 5.74. The Morgan fingerprint density at radius 1 is 1.40 bits per heavy atom. The van der Waals surface area contributed by atoms with Crippen LogP contribution in [0.25, 0.3) is 0 Å². The summed E-state index contributed by atoms with van der Waals surface area (Å²) in [7, 11) is 0. The molecule has 0 aliphatic heterocycles. The molecule has 1 atom stereocenters. The fourth-order valence-corrected chi connectivity index (χ4v) is 2.58. The van der Waals surface area contributed by atoms with E-state index in [-0.39, 0.29) is 6.04 Å². The van der Waals surface area contributed by atoms with Crippen molar-refractivity contribution in [3.05, 3.63) is 35.5 Å². The first-order valence-electron chi connectivity index (χ1n) is 4.54. The second kappa shape index (κ2) is 4.74. The van der Waals surface area contributed by atoms with Crippen molar-refractivity contribution < 1.29 is 0 Å². The molecule has 0 fully saturated rings. The molecule has 0 aromatic carbocycles. The quantitative estimate of drug-likeness (QED) is 0.891. The van der Waals surface area contributed by atoms with Crippen molar-refractivity contribution in [2.75, 3.05) is 0 Å². The lowest BCUT2D eigenvalue weighted by molar-refractivity contribution is 0.806. The van der Waals surface area contributed by atoms with Crippen LogP contribution in [-0.4, -0.2) is 9.97 Å². The molecule has 78 valence electrons. The van der Waals surface area contributed by atoms with Crippen LogP contribution >= 0.6 is 23.1 Å². The molecule has 5 heteroatoms. The maximum Gasteiger partial charge on any atom is 0.156 e. The monoisotopic (exact) mass is 237 g/mol. The van der Waals surface area contributed by atoms with Gasteiger partial charge in [-0.05, 0) is 30.3 Å². The Morgan fingerprint density at radius 3 is 2.80 bits per heavy atom. The van der Waals surface area contributed by atoms with Gasteiger partial charge in [0.25, 0.3) is 0 Å². The summed E-state index contributed by atoms with van der Waals surface area (Å²) in [6.45, 7) is 1.95. The minimum atomic E-state index is 0.0383. The molecule has 0 bridgehead atoms. The molecule has 2 rings (SSSR count). The van der Waals surface area contributed by atoms with Gasteiger partial charge in [-0.1, -0.05) is 6.07 Å². The Hall–Kier alpha value is -0.910. The Balaban J connectivity index is 2.11. The molecule has 0 radical (unpaired) electrons. The van der Waals surface area contributed by atoms with E-state index in [1.165, 1.54) is 0 Å². The minimum Gasteiger partial charge on any atom is -0.324 e. The highest BCUT2D eigenvalue weighted by Gasteiger charge is 2.03. The zero-order valence-corrected chi connectivity index (χ0v) is 9.89. The minimum absolute atomic E-state index is 0.0383. The van der Waals surface area contributed by atoms with Gasteiger partial charge in [-0.25, -0.2) is 9.97 Å². The summed E-state index contributed by atoms with van der Waals surface area (Å²) in [4.78, 5) is 8.51. The lowest BCUT2D eigenvalue weighted by Gasteiger charge is -2.04. The molecule has 0 saturated carbocycles. The van der Waals surface area contributed by atoms with Crippen molar-refractivity contribution in [1.29, 1.82) is 0 Å². The third-order valence-electron chi connectivity index (χ3n) is 1.89. The van der Waals surface area contributed by atoms with Gasteiger partial charge in [0.2, 0.25) is 0 Å². The van der Waals surface area contributed by atoms with Crippen LogP contribution in [0.15, 0.2) is 39.3 Å². The Bertz CT molecular complexity index is 409. The molecule has 0 saturated heterocycles. The van der Waals surface area contributed by atoms with E-state index in [2.05, 4.69) is 9.97 Å². The third-order valence-corrected chi connectivity index (χ3v) is 3.72. The van der Waals surface area contributed by atoms with Crippen LogP contribution in [0.3, 0.4) is 0 Å². The van der Waals surface area contributed by atoms with Crippen molar-refractivity contribution >= 4 is 23.1 Å². The molecule has 0 aliphatic carbocycles. The van der Waals surface area contributed by atoms with Gasteiger partial charge < -0.3 is 5.73 Å². The second-order valence-electron chi connectivity index (χ2n) is 3.12. The van der Waals surface area contributed by atoms with Gasteiger partial charge in [-0.3, -0.25) is 0 Å². The van der Waals surface area contributed by atoms with Crippen LogP contribution in [0.1, 0.15) is 18.5 Å².